The second kappa shape index (κ2) is 7.03. The minimum Gasteiger partial charge on any atom is -0.392 e. The number of primary amides is 1. The van der Waals surface area contributed by atoms with Gasteiger partial charge in [0.05, 0.1) is 23.5 Å². The molecule has 0 spiro atoms. The highest BCUT2D eigenvalue weighted by Crippen LogP contribution is 2.35. The highest BCUT2D eigenvalue weighted by atomic mass is 19.1. The predicted molar refractivity (Wildman–Crippen MR) is 94.1 cm³/mol. The molecule has 1 aliphatic carbocycles. The van der Waals surface area contributed by atoms with Crippen LogP contribution in [0.1, 0.15) is 29.5 Å². The number of hydrogen-bond acceptors (Lipinski definition) is 3. The van der Waals surface area contributed by atoms with Gasteiger partial charge in [-0.3, -0.25) is 4.79 Å². The molecule has 2 aromatic rings. The summed E-state index contributed by atoms with van der Waals surface area (Å²) in [5.74, 6) is -0.784. The number of benzene rings is 2. The van der Waals surface area contributed by atoms with E-state index in [9.17, 15) is 14.3 Å². The van der Waals surface area contributed by atoms with Crippen LogP contribution >= 0.6 is 0 Å². The zero-order chi connectivity index (χ0) is 18.0. The molecule has 0 unspecified atom stereocenters. The highest BCUT2D eigenvalue weighted by molar-refractivity contribution is 5.85. The van der Waals surface area contributed by atoms with Gasteiger partial charge in [-0.15, -0.1) is 0 Å². The minimum absolute atomic E-state index is 0.265. The van der Waals surface area contributed by atoms with E-state index in [1.54, 1.807) is 18.2 Å². The summed E-state index contributed by atoms with van der Waals surface area (Å²) in [7, 11) is 0. The maximum atomic E-state index is 12.9. The third kappa shape index (κ3) is 3.85. The fourth-order valence-electron chi connectivity index (χ4n) is 3.09. The first kappa shape index (κ1) is 17.1. The van der Waals surface area contributed by atoms with Crippen LogP contribution in [0.2, 0.25) is 0 Å². The van der Waals surface area contributed by atoms with Gasteiger partial charge < -0.3 is 16.2 Å². The van der Waals surface area contributed by atoms with E-state index in [1.165, 1.54) is 12.1 Å². The van der Waals surface area contributed by atoms with E-state index in [4.69, 9.17) is 5.73 Å². The van der Waals surface area contributed by atoms with E-state index in [2.05, 4.69) is 10.3 Å². The molecular formula is C19H20FN3O2. The van der Waals surface area contributed by atoms with Crippen LogP contribution in [0, 0.1) is 5.82 Å². The summed E-state index contributed by atoms with van der Waals surface area (Å²) >= 11 is 0. The van der Waals surface area contributed by atoms with Gasteiger partial charge in [0.15, 0.2) is 0 Å². The molecular weight excluding hydrogens is 321 g/mol. The summed E-state index contributed by atoms with van der Waals surface area (Å²) in [6, 6.07) is 11.8. The highest BCUT2D eigenvalue weighted by Gasteiger charge is 2.35. The number of amidine groups is 1. The number of nitrogens with two attached hydrogens (primary N) is 1. The smallest absolute Gasteiger partial charge is 0.227 e. The third-order valence-electron chi connectivity index (χ3n) is 4.34. The number of nitrogens with one attached hydrogen (secondary N) is 1. The summed E-state index contributed by atoms with van der Waals surface area (Å²) in [5.41, 5.74) is 8.70. The summed E-state index contributed by atoms with van der Waals surface area (Å²) in [5, 5.41) is 13.2. The number of nitrogens with zero attached hydrogens (tertiary/aromatic N) is 1. The number of aliphatic imine (C=N–C) groups is 1. The zero-order valence-corrected chi connectivity index (χ0v) is 13.9. The molecule has 2 aromatic carbocycles. The average molecular weight is 341 g/mol. The van der Waals surface area contributed by atoms with Crippen LogP contribution in [0.5, 0.6) is 0 Å². The molecule has 3 rings (SSSR count). The average Bonchev–Trinajstić information content (AvgIpc) is 2.89. The van der Waals surface area contributed by atoms with E-state index in [0.717, 1.165) is 16.7 Å². The number of hydrogen-bond donors (Lipinski definition) is 3. The van der Waals surface area contributed by atoms with Gasteiger partial charge in [-0.25, -0.2) is 9.38 Å². The van der Waals surface area contributed by atoms with Crippen LogP contribution in [0.15, 0.2) is 47.5 Å². The molecule has 0 aliphatic heterocycles. The topological polar surface area (TPSA) is 87.7 Å². The Morgan fingerprint density at radius 1 is 1.32 bits per heavy atom. The Morgan fingerprint density at radius 3 is 2.72 bits per heavy atom. The van der Waals surface area contributed by atoms with Crippen molar-refractivity contribution in [3.05, 3.63) is 65.0 Å². The summed E-state index contributed by atoms with van der Waals surface area (Å²) in [6.45, 7) is 2.36. The summed E-state index contributed by atoms with van der Waals surface area (Å²) in [4.78, 5) is 16.1. The van der Waals surface area contributed by atoms with Crippen molar-refractivity contribution in [1.29, 1.82) is 0 Å². The first-order valence-electron chi connectivity index (χ1n) is 8.08. The SMILES string of the molecule is CC(=Nc1ccc2c(c1)[C@@H](C(N)=O)[C@H](O)C2)NCc1ccc(F)cc1. The number of carbonyl (C=O) groups is 1. The van der Waals surface area contributed by atoms with Gasteiger partial charge in [0.25, 0.3) is 0 Å². The number of aliphatic hydroxyl groups excluding tert-OH is 1. The molecule has 0 heterocycles. The van der Waals surface area contributed by atoms with E-state index < -0.39 is 17.9 Å². The van der Waals surface area contributed by atoms with Gasteiger partial charge in [-0.05, 0) is 54.3 Å². The molecule has 5 nitrogen and oxygen atoms in total. The Morgan fingerprint density at radius 2 is 2.04 bits per heavy atom. The van der Waals surface area contributed by atoms with Crippen molar-refractivity contribution in [2.75, 3.05) is 0 Å². The molecule has 25 heavy (non-hydrogen) atoms. The van der Waals surface area contributed by atoms with E-state index >= 15 is 0 Å². The lowest BCUT2D eigenvalue weighted by Gasteiger charge is -2.11. The van der Waals surface area contributed by atoms with E-state index in [1.807, 2.05) is 19.1 Å². The summed E-state index contributed by atoms with van der Waals surface area (Å²) < 4.78 is 12.9. The van der Waals surface area contributed by atoms with Crippen LogP contribution in [-0.4, -0.2) is 23.0 Å². The van der Waals surface area contributed by atoms with E-state index in [0.29, 0.717) is 24.5 Å². The normalized spacial score (nSPS) is 19.6. The second-order valence-electron chi connectivity index (χ2n) is 6.21. The molecule has 0 saturated heterocycles. The molecule has 0 aromatic heterocycles. The molecule has 6 heteroatoms. The van der Waals surface area contributed by atoms with Crippen molar-refractivity contribution >= 4 is 17.4 Å². The van der Waals surface area contributed by atoms with Crippen molar-refractivity contribution in [2.24, 2.45) is 10.7 Å². The minimum atomic E-state index is -0.774. The van der Waals surface area contributed by atoms with Crippen molar-refractivity contribution in [2.45, 2.75) is 31.9 Å². The van der Waals surface area contributed by atoms with Gasteiger partial charge in [0.2, 0.25) is 5.91 Å². The molecule has 0 fully saturated rings. The first-order valence-corrected chi connectivity index (χ1v) is 8.08. The molecule has 1 aliphatic rings. The first-order chi connectivity index (χ1) is 11.9. The van der Waals surface area contributed by atoms with Gasteiger partial charge in [-0.1, -0.05) is 18.2 Å². The number of amides is 1. The predicted octanol–water partition coefficient (Wildman–Crippen LogP) is 2.15. The number of halogens is 1. The number of carbonyl (C=O) groups excluding carboxylic acids is 1. The molecule has 130 valence electrons. The maximum absolute atomic E-state index is 12.9. The van der Waals surface area contributed by atoms with Crippen molar-refractivity contribution in [1.82, 2.24) is 5.32 Å². The van der Waals surface area contributed by atoms with Crippen LogP contribution < -0.4 is 11.1 Å². The molecule has 0 bridgehead atoms. The van der Waals surface area contributed by atoms with Gasteiger partial charge in [-0.2, -0.15) is 0 Å². The lowest BCUT2D eigenvalue weighted by molar-refractivity contribution is -0.121. The van der Waals surface area contributed by atoms with Crippen LogP contribution in [0.25, 0.3) is 0 Å². The lowest BCUT2D eigenvalue weighted by Crippen LogP contribution is -2.28. The Labute approximate surface area is 145 Å². The molecule has 0 radical (unpaired) electrons. The van der Waals surface area contributed by atoms with Gasteiger partial charge in [0, 0.05) is 6.54 Å². The number of aliphatic hydroxyl groups is 1. The summed E-state index contributed by atoms with van der Waals surface area (Å²) in [6.07, 6.45) is -0.348. The molecule has 4 N–H and O–H groups in total. The maximum Gasteiger partial charge on any atom is 0.227 e. The molecule has 1 amide bonds. The molecule has 2 atom stereocenters. The van der Waals surface area contributed by atoms with Crippen molar-refractivity contribution in [3.63, 3.8) is 0 Å². The third-order valence-corrected chi connectivity index (χ3v) is 4.34. The Kier molecular flexibility index (Phi) is 4.81. The largest absolute Gasteiger partial charge is 0.392 e. The quantitative estimate of drug-likeness (QED) is 0.588. The van der Waals surface area contributed by atoms with E-state index in [-0.39, 0.29) is 5.82 Å². The van der Waals surface area contributed by atoms with Crippen LogP contribution in [0.4, 0.5) is 10.1 Å². The van der Waals surface area contributed by atoms with Gasteiger partial charge in [0.1, 0.15) is 5.82 Å². The zero-order valence-electron chi connectivity index (χ0n) is 13.9. The standard InChI is InChI=1S/C19H20FN3O2/c1-11(22-10-12-2-5-14(20)6-3-12)23-15-7-4-13-8-17(24)18(19(21)25)16(13)9-15/h2-7,9,17-18,24H,8,10H2,1H3,(H2,21,25)(H,22,23)/t17-,18-/m1/s1. The Hall–Kier alpha value is -2.73. The van der Waals surface area contributed by atoms with Crippen LogP contribution in [0.3, 0.4) is 0 Å². The Bertz CT molecular complexity index is 818. The molecule has 0 saturated carbocycles. The van der Waals surface area contributed by atoms with Crippen molar-refractivity contribution in [3.8, 4) is 0 Å². The monoisotopic (exact) mass is 341 g/mol. The van der Waals surface area contributed by atoms with Crippen molar-refractivity contribution < 1.29 is 14.3 Å². The number of rotatable bonds is 4. The Balaban J connectivity index is 1.73. The fourth-order valence-corrected chi connectivity index (χ4v) is 3.09. The fraction of sp³-hybridized carbons (Fsp3) is 0.263. The lowest BCUT2D eigenvalue weighted by atomic mass is 9.99. The second-order valence-corrected chi connectivity index (χ2v) is 6.21. The van der Waals surface area contributed by atoms with Crippen LogP contribution in [-0.2, 0) is 17.8 Å². The van der Waals surface area contributed by atoms with Gasteiger partial charge >= 0.3 is 0 Å². The number of fused-ring (bicyclic) bond motifs is 1.